The van der Waals surface area contributed by atoms with E-state index in [-0.39, 0.29) is 0 Å². The van der Waals surface area contributed by atoms with E-state index >= 15 is 0 Å². The van der Waals surface area contributed by atoms with Crippen LogP contribution in [0.3, 0.4) is 0 Å². The number of thiophene rings is 1. The van der Waals surface area contributed by atoms with E-state index in [1.165, 1.54) is 5.56 Å². The zero-order chi connectivity index (χ0) is 12.6. The summed E-state index contributed by atoms with van der Waals surface area (Å²) in [7, 11) is 0. The van der Waals surface area contributed by atoms with Gasteiger partial charge < -0.3 is 0 Å². The van der Waals surface area contributed by atoms with E-state index in [9.17, 15) is 0 Å². The lowest BCUT2D eigenvalue weighted by Gasteiger charge is -2.12. The Hall–Kier alpha value is -0.930. The van der Waals surface area contributed by atoms with Crippen molar-refractivity contribution < 1.29 is 0 Å². The van der Waals surface area contributed by atoms with Crippen molar-refractivity contribution in [3.63, 3.8) is 0 Å². The molecule has 0 atom stereocenters. The molecule has 0 saturated heterocycles. The standard InChI is InChI=1S/C13H15ClN2S/c1-7(2)10-9(4)15-13(16-12(10)14)11-8(3)5-6-17-11/h5-7H,1-4H3. The minimum absolute atomic E-state index is 0.348. The SMILES string of the molecule is Cc1ccsc1-c1nc(C)c(C(C)C)c(Cl)n1. The largest absolute Gasteiger partial charge is 0.232 e. The van der Waals surface area contributed by atoms with Gasteiger partial charge in [-0.1, -0.05) is 25.4 Å². The van der Waals surface area contributed by atoms with Crippen LogP contribution in [0.5, 0.6) is 0 Å². The highest BCUT2D eigenvalue weighted by Gasteiger charge is 2.15. The van der Waals surface area contributed by atoms with Crippen LogP contribution in [0.2, 0.25) is 5.15 Å². The highest BCUT2D eigenvalue weighted by atomic mass is 35.5. The molecule has 0 unspecified atom stereocenters. The fourth-order valence-electron chi connectivity index (χ4n) is 1.91. The molecule has 2 aromatic rings. The van der Waals surface area contributed by atoms with Crippen LogP contribution in [-0.4, -0.2) is 9.97 Å². The molecule has 0 bridgehead atoms. The second-order valence-corrected chi connectivity index (χ2v) is 5.70. The van der Waals surface area contributed by atoms with Crippen molar-refractivity contribution in [2.45, 2.75) is 33.6 Å². The van der Waals surface area contributed by atoms with Crippen molar-refractivity contribution in [2.75, 3.05) is 0 Å². The summed E-state index contributed by atoms with van der Waals surface area (Å²) >= 11 is 7.90. The number of nitrogens with zero attached hydrogens (tertiary/aromatic N) is 2. The van der Waals surface area contributed by atoms with Crippen LogP contribution in [0.25, 0.3) is 10.7 Å². The molecule has 0 spiro atoms. The Morgan fingerprint density at radius 2 is 1.94 bits per heavy atom. The molecule has 0 aliphatic rings. The Kier molecular flexibility index (Phi) is 3.50. The average Bonchev–Trinajstić information content (AvgIpc) is 2.62. The van der Waals surface area contributed by atoms with Gasteiger partial charge >= 0.3 is 0 Å². The van der Waals surface area contributed by atoms with E-state index < -0.39 is 0 Å². The van der Waals surface area contributed by atoms with Crippen LogP contribution in [0, 0.1) is 13.8 Å². The number of aromatic nitrogens is 2. The zero-order valence-corrected chi connectivity index (χ0v) is 12.0. The van der Waals surface area contributed by atoms with Crippen molar-refractivity contribution >= 4 is 22.9 Å². The highest BCUT2D eigenvalue weighted by Crippen LogP contribution is 2.31. The fraction of sp³-hybridized carbons (Fsp3) is 0.385. The van der Waals surface area contributed by atoms with Gasteiger partial charge in [-0.3, -0.25) is 0 Å². The molecular weight excluding hydrogens is 252 g/mol. The van der Waals surface area contributed by atoms with Crippen LogP contribution in [-0.2, 0) is 0 Å². The van der Waals surface area contributed by atoms with Crippen LogP contribution in [0.1, 0.15) is 36.6 Å². The molecule has 4 heteroatoms. The number of rotatable bonds is 2. The van der Waals surface area contributed by atoms with Gasteiger partial charge in [-0.25, -0.2) is 9.97 Å². The van der Waals surface area contributed by atoms with Gasteiger partial charge in [0.15, 0.2) is 5.82 Å². The predicted octanol–water partition coefficient (Wildman–Crippen LogP) is 4.60. The molecule has 2 heterocycles. The Morgan fingerprint density at radius 3 is 2.41 bits per heavy atom. The molecule has 0 amide bonds. The minimum Gasteiger partial charge on any atom is -0.232 e. The van der Waals surface area contributed by atoms with E-state index in [0.717, 1.165) is 22.0 Å². The minimum atomic E-state index is 0.348. The summed E-state index contributed by atoms with van der Waals surface area (Å²) in [6.45, 7) is 8.27. The molecule has 0 aromatic carbocycles. The number of hydrogen-bond donors (Lipinski definition) is 0. The second-order valence-electron chi connectivity index (χ2n) is 4.42. The highest BCUT2D eigenvalue weighted by molar-refractivity contribution is 7.13. The van der Waals surface area contributed by atoms with Crippen molar-refractivity contribution in [3.8, 4) is 10.7 Å². The van der Waals surface area contributed by atoms with Gasteiger partial charge in [-0.15, -0.1) is 11.3 Å². The molecular formula is C13H15ClN2S. The summed E-state index contributed by atoms with van der Waals surface area (Å²) in [6, 6.07) is 2.07. The van der Waals surface area contributed by atoms with E-state index in [2.05, 4.69) is 36.8 Å². The fourth-order valence-corrected chi connectivity index (χ4v) is 3.20. The summed E-state index contributed by atoms with van der Waals surface area (Å²) in [5, 5.41) is 2.63. The molecule has 0 saturated carbocycles. The molecule has 2 aromatic heterocycles. The van der Waals surface area contributed by atoms with Gasteiger partial charge in [0.05, 0.1) is 4.88 Å². The average molecular weight is 267 g/mol. The molecule has 0 aliphatic carbocycles. The molecule has 90 valence electrons. The van der Waals surface area contributed by atoms with Crippen molar-refractivity contribution in [1.82, 2.24) is 9.97 Å². The summed E-state index contributed by atoms with van der Waals surface area (Å²) < 4.78 is 0. The van der Waals surface area contributed by atoms with Gasteiger partial charge in [-0.2, -0.15) is 0 Å². The van der Waals surface area contributed by atoms with E-state index in [1.54, 1.807) is 11.3 Å². The van der Waals surface area contributed by atoms with E-state index in [4.69, 9.17) is 11.6 Å². The maximum absolute atomic E-state index is 6.25. The van der Waals surface area contributed by atoms with Gasteiger partial charge in [0.25, 0.3) is 0 Å². The number of hydrogen-bond acceptors (Lipinski definition) is 3. The van der Waals surface area contributed by atoms with Crippen LogP contribution >= 0.6 is 22.9 Å². The van der Waals surface area contributed by atoms with E-state index in [1.807, 2.05) is 12.3 Å². The third-order valence-corrected chi connectivity index (χ3v) is 4.03. The third kappa shape index (κ3) is 2.35. The van der Waals surface area contributed by atoms with Crippen LogP contribution < -0.4 is 0 Å². The Labute approximate surface area is 111 Å². The predicted molar refractivity (Wildman–Crippen MR) is 73.9 cm³/mol. The van der Waals surface area contributed by atoms with Crippen LogP contribution in [0.4, 0.5) is 0 Å². The first-order chi connectivity index (χ1) is 8.00. The van der Waals surface area contributed by atoms with Crippen LogP contribution in [0.15, 0.2) is 11.4 Å². The van der Waals surface area contributed by atoms with Crippen molar-refractivity contribution in [1.29, 1.82) is 0 Å². The third-order valence-electron chi connectivity index (χ3n) is 2.73. The van der Waals surface area contributed by atoms with Gasteiger partial charge in [0, 0.05) is 11.3 Å². The van der Waals surface area contributed by atoms with Crippen molar-refractivity contribution in [3.05, 3.63) is 33.4 Å². The van der Waals surface area contributed by atoms with E-state index in [0.29, 0.717) is 11.1 Å². The molecule has 0 radical (unpaired) electrons. The summed E-state index contributed by atoms with van der Waals surface area (Å²) in [5.41, 5.74) is 3.22. The first kappa shape index (κ1) is 12.5. The van der Waals surface area contributed by atoms with Gasteiger partial charge in [0.1, 0.15) is 5.15 Å². The maximum atomic E-state index is 6.25. The van der Waals surface area contributed by atoms with Gasteiger partial charge in [-0.05, 0) is 36.8 Å². The monoisotopic (exact) mass is 266 g/mol. The normalized spacial score (nSPS) is 11.2. The van der Waals surface area contributed by atoms with Crippen molar-refractivity contribution in [2.24, 2.45) is 0 Å². The lowest BCUT2D eigenvalue weighted by atomic mass is 10.0. The lowest BCUT2D eigenvalue weighted by molar-refractivity contribution is 0.831. The summed E-state index contributed by atoms with van der Waals surface area (Å²) in [4.78, 5) is 10.1. The first-order valence-corrected chi connectivity index (χ1v) is 6.85. The zero-order valence-electron chi connectivity index (χ0n) is 10.4. The quantitative estimate of drug-likeness (QED) is 0.743. The number of halogens is 1. The Bertz CT molecular complexity index is 523. The molecule has 0 N–H and O–H groups in total. The lowest BCUT2D eigenvalue weighted by Crippen LogP contribution is -2.01. The molecule has 2 rings (SSSR count). The topological polar surface area (TPSA) is 25.8 Å². The molecule has 0 fully saturated rings. The number of aryl methyl sites for hydroxylation is 2. The molecule has 17 heavy (non-hydrogen) atoms. The summed E-state index contributed by atoms with van der Waals surface area (Å²) in [6.07, 6.45) is 0. The Balaban J connectivity index is 2.57. The van der Waals surface area contributed by atoms with Gasteiger partial charge in [0.2, 0.25) is 0 Å². The molecule has 0 aliphatic heterocycles. The molecule has 2 nitrogen and oxygen atoms in total. The first-order valence-electron chi connectivity index (χ1n) is 5.59. The Morgan fingerprint density at radius 1 is 1.24 bits per heavy atom. The maximum Gasteiger partial charge on any atom is 0.171 e. The summed E-state index contributed by atoms with van der Waals surface area (Å²) in [5.74, 6) is 1.09. The smallest absolute Gasteiger partial charge is 0.171 e. The second kappa shape index (κ2) is 4.75.